The van der Waals surface area contributed by atoms with E-state index in [1.54, 1.807) is 0 Å². The Hall–Kier alpha value is -2.49. The molecule has 1 amide bonds. The van der Waals surface area contributed by atoms with Crippen molar-refractivity contribution in [3.63, 3.8) is 0 Å². The van der Waals surface area contributed by atoms with Crippen LogP contribution in [0.25, 0.3) is 0 Å². The number of nitrogens with zero attached hydrogens (tertiary/aromatic N) is 1. The molecular formula is C17H18N2O2. The maximum atomic E-state index is 12.2. The zero-order valence-electron chi connectivity index (χ0n) is 12.2. The van der Waals surface area contributed by atoms with Crippen molar-refractivity contribution in [1.29, 1.82) is 0 Å². The molecule has 0 fully saturated rings. The Morgan fingerprint density at radius 1 is 1.19 bits per heavy atom. The van der Waals surface area contributed by atoms with Crippen LogP contribution in [-0.2, 0) is 0 Å². The molecule has 0 aliphatic carbocycles. The first kappa shape index (κ1) is 13.5. The summed E-state index contributed by atoms with van der Waals surface area (Å²) in [7, 11) is 2.03. The van der Waals surface area contributed by atoms with E-state index >= 15 is 0 Å². The van der Waals surface area contributed by atoms with Crippen molar-refractivity contribution in [2.45, 2.75) is 6.92 Å². The number of aryl methyl sites for hydroxylation is 1. The average Bonchev–Trinajstić information content (AvgIpc) is 2.48. The van der Waals surface area contributed by atoms with Crippen LogP contribution in [0.15, 0.2) is 42.5 Å². The van der Waals surface area contributed by atoms with Crippen molar-refractivity contribution in [2.24, 2.45) is 0 Å². The van der Waals surface area contributed by atoms with Gasteiger partial charge in [0, 0.05) is 24.4 Å². The molecule has 0 spiro atoms. The maximum absolute atomic E-state index is 12.2. The minimum atomic E-state index is -0.112. The van der Waals surface area contributed by atoms with Gasteiger partial charge in [-0.05, 0) is 31.2 Å². The second-order valence-corrected chi connectivity index (χ2v) is 5.27. The van der Waals surface area contributed by atoms with Crippen molar-refractivity contribution in [3.8, 4) is 5.75 Å². The predicted molar refractivity (Wildman–Crippen MR) is 84.3 cm³/mol. The Morgan fingerprint density at radius 2 is 1.95 bits per heavy atom. The molecule has 3 rings (SSSR count). The van der Waals surface area contributed by atoms with Gasteiger partial charge in [0.15, 0.2) is 0 Å². The van der Waals surface area contributed by atoms with Gasteiger partial charge < -0.3 is 15.0 Å². The van der Waals surface area contributed by atoms with Crippen LogP contribution in [0.5, 0.6) is 5.75 Å². The minimum absolute atomic E-state index is 0.112. The normalized spacial score (nSPS) is 13.3. The fraction of sp³-hybridized carbons (Fsp3) is 0.235. The predicted octanol–water partition coefficient (Wildman–Crippen LogP) is 3.08. The van der Waals surface area contributed by atoms with Crippen LogP contribution < -0.4 is 15.0 Å². The second kappa shape index (κ2) is 5.48. The van der Waals surface area contributed by atoms with Gasteiger partial charge in [-0.15, -0.1) is 0 Å². The van der Waals surface area contributed by atoms with Gasteiger partial charge in [-0.1, -0.05) is 17.7 Å². The van der Waals surface area contributed by atoms with Crippen LogP contribution in [0.4, 0.5) is 11.4 Å². The summed E-state index contributed by atoms with van der Waals surface area (Å²) in [5.41, 5.74) is 3.58. The maximum Gasteiger partial charge on any atom is 0.255 e. The molecule has 0 aromatic heterocycles. The van der Waals surface area contributed by atoms with Crippen LogP contribution in [0, 0.1) is 6.92 Å². The van der Waals surface area contributed by atoms with E-state index in [9.17, 15) is 4.79 Å². The Morgan fingerprint density at radius 3 is 2.71 bits per heavy atom. The van der Waals surface area contributed by atoms with Gasteiger partial charge in [0.2, 0.25) is 0 Å². The van der Waals surface area contributed by atoms with Gasteiger partial charge in [-0.25, -0.2) is 0 Å². The number of hydrogen-bond donors (Lipinski definition) is 1. The van der Waals surface area contributed by atoms with Crippen LogP contribution in [0.1, 0.15) is 15.9 Å². The standard InChI is InChI=1S/C17H18N2O2/c1-12-3-5-13(6-4-12)17(20)18-14-7-8-15-16(11-14)21-10-9-19(15)2/h3-8,11H,9-10H2,1-2H3,(H,18,20). The highest BCUT2D eigenvalue weighted by Crippen LogP contribution is 2.33. The molecule has 0 unspecified atom stereocenters. The topological polar surface area (TPSA) is 41.6 Å². The summed E-state index contributed by atoms with van der Waals surface area (Å²) in [6.45, 7) is 3.54. The van der Waals surface area contributed by atoms with E-state index in [4.69, 9.17) is 4.74 Å². The van der Waals surface area contributed by atoms with Gasteiger partial charge in [0.25, 0.3) is 5.91 Å². The lowest BCUT2D eigenvalue weighted by molar-refractivity contribution is 0.102. The Labute approximate surface area is 124 Å². The van der Waals surface area contributed by atoms with Crippen LogP contribution in [0.3, 0.4) is 0 Å². The summed E-state index contributed by atoms with van der Waals surface area (Å²) < 4.78 is 5.64. The van der Waals surface area contributed by atoms with Gasteiger partial charge >= 0.3 is 0 Å². The number of benzene rings is 2. The zero-order chi connectivity index (χ0) is 14.8. The van der Waals surface area contributed by atoms with Crippen molar-refractivity contribution in [1.82, 2.24) is 0 Å². The SMILES string of the molecule is Cc1ccc(C(=O)Nc2ccc3c(c2)OCCN3C)cc1. The molecular weight excluding hydrogens is 264 g/mol. The van der Waals surface area contributed by atoms with Gasteiger partial charge in [-0.3, -0.25) is 4.79 Å². The van der Waals surface area contributed by atoms with E-state index in [2.05, 4.69) is 10.2 Å². The molecule has 1 N–H and O–H groups in total. The van der Waals surface area contributed by atoms with Crippen LogP contribution in [-0.4, -0.2) is 26.1 Å². The number of carbonyl (C=O) groups is 1. The molecule has 0 saturated heterocycles. The van der Waals surface area contributed by atoms with E-state index in [1.807, 2.05) is 56.4 Å². The highest BCUT2D eigenvalue weighted by atomic mass is 16.5. The summed E-state index contributed by atoms with van der Waals surface area (Å²) in [5.74, 6) is 0.699. The van der Waals surface area contributed by atoms with E-state index in [-0.39, 0.29) is 5.91 Å². The number of amides is 1. The molecule has 4 nitrogen and oxygen atoms in total. The Balaban J connectivity index is 1.79. The third-order valence-electron chi connectivity index (χ3n) is 3.63. The van der Waals surface area contributed by atoms with Gasteiger partial charge in [0.1, 0.15) is 12.4 Å². The molecule has 0 atom stereocenters. The Kier molecular flexibility index (Phi) is 3.52. The molecule has 0 bridgehead atoms. The first-order valence-electron chi connectivity index (χ1n) is 6.99. The molecule has 21 heavy (non-hydrogen) atoms. The molecule has 108 valence electrons. The largest absolute Gasteiger partial charge is 0.489 e. The average molecular weight is 282 g/mol. The van der Waals surface area contributed by atoms with Gasteiger partial charge in [0.05, 0.1) is 12.2 Å². The quantitative estimate of drug-likeness (QED) is 0.920. The van der Waals surface area contributed by atoms with E-state index in [0.717, 1.165) is 29.2 Å². The molecule has 0 saturated carbocycles. The van der Waals surface area contributed by atoms with Gasteiger partial charge in [-0.2, -0.15) is 0 Å². The first-order chi connectivity index (χ1) is 10.1. The fourth-order valence-electron chi connectivity index (χ4n) is 2.34. The smallest absolute Gasteiger partial charge is 0.255 e. The van der Waals surface area contributed by atoms with Crippen molar-refractivity contribution in [3.05, 3.63) is 53.6 Å². The summed E-state index contributed by atoms with van der Waals surface area (Å²) in [5, 5.41) is 2.91. The number of likely N-dealkylation sites (N-methyl/N-ethyl adjacent to an activating group) is 1. The molecule has 0 radical (unpaired) electrons. The molecule has 1 aliphatic heterocycles. The number of anilines is 2. The van der Waals surface area contributed by atoms with E-state index in [0.29, 0.717) is 12.2 Å². The summed E-state index contributed by atoms with van der Waals surface area (Å²) in [6.07, 6.45) is 0. The Bertz CT molecular complexity index is 665. The number of ether oxygens (including phenoxy) is 1. The lowest BCUT2D eigenvalue weighted by Gasteiger charge is -2.27. The number of carbonyl (C=O) groups excluding carboxylic acids is 1. The lowest BCUT2D eigenvalue weighted by atomic mass is 10.1. The summed E-state index contributed by atoms with van der Waals surface area (Å²) in [6, 6.07) is 13.3. The number of fused-ring (bicyclic) bond motifs is 1. The second-order valence-electron chi connectivity index (χ2n) is 5.27. The summed E-state index contributed by atoms with van der Waals surface area (Å²) in [4.78, 5) is 14.3. The molecule has 4 heteroatoms. The molecule has 2 aromatic rings. The summed E-state index contributed by atoms with van der Waals surface area (Å²) >= 11 is 0. The highest BCUT2D eigenvalue weighted by molar-refractivity contribution is 6.04. The molecule has 1 heterocycles. The number of nitrogens with one attached hydrogen (secondary N) is 1. The van der Waals surface area contributed by atoms with E-state index < -0.39 is 0 Å². The van der Waals surface area contributed by atoms with Crippen molar-refractivity contribution in [2.75, 3.05) is 30.4 Å². The monoisotopic (exact) mass is 282 g/mol. The number of hydrogen-bond acceptors (Lipinski definition) is 3. The zero-order valence-corrected chi connectivity index (χ0v) is 12.2. The molecule has 2 aromatic carbocycles. The first-order valence-corrected chi connectivity index (χ1v) is 6.99. The van der Waals surface area contributed by atoms with E-state index in [1.165, 1.54) is 0 Å². The third kappa shape index (κ3) is 2.84. The van der Waals surface area contributed by atoms with Crippen molar-refractivity contribution >= 4 is 17.3 Å². The third-order valence-corrected chi connectivity index (χ3v) is 3.63. The van der Waals surface area contributed by atoms with Crippen molar-refractivity contribution < 1.29 is 9.53 Å². The fourth-order valence-corrected chi connectivity index (χ4v) is 2.34. The molecule has 1 aliphatic rings. The minimum Gasteiger partial charge on any atom is -0.489 e. The highest BCUT2D eigenvalue weighted by Gasteiger charge is 2.15. The van der Waals surface area contributed by atoms with Crippen LogP contribution >= 0.6 is 0 Å². The number of rotatable bonds is 2. The van der Waals surface area contributed by atoms with Crippen LogP contribution in [0.2, 0.25) is 0 Å². The lowest BCUT2D eigenvalue weighted by Crippen LogP contribution is -2.28.